The summed E-state index contributed by atoms with van der Waals surface area (Å²) in [6, 6.07) is 17.6. The maximum Gasteiger partial charge on any atom is 0.162 e. The van der Waals surface area contributed by atoms with Crippen LogP contribution in [0.1, 0.15) is 0 Å². The zero-order valence-corrected chi connectivity index (χ0v) is 18.2. The highest BCUT2D eigenvalue weighted by Crippen LogP contribution is 2.32. The molecule has 134 valence electrons. The van der Waals surface area contributed by atoms with Gasteiger partial charge in [-0.15, -0.1) is 0 Å². The molecule has 0 saturated heterocycles. The summed E-state index contributed by atoms with van der Waals surface area (Å²) in [7, 11) is 0. The fourth-order valence-corrected chi connectivity index (χ4v) is 4.44. The molecule has 1 aromatic heterocycles. The Kier molecular flexibility index (Phi) is 5.29. The number of anilines is 2. The average molecular weight is 555 g/mol. The molecule has 1 N–H and O–H groups in total. The van der Waals surface area contributed by atoms with E-state index in [0.717, 1.165) is 24.5 Å². The monoisotopic (exact) mass is 553 g/mol. The molecule has 0 unspecified atom stereocenters. The van der Waals surface area contributed by atoms with Crippen LogP contribution < -0.4 is 5.32 Å². The maximum absolute atomic E-state index is 13.6. The van der Waals surface area contributed by atoms with Gasteiger partial charge in [0.15, 0.2) is 5.82 Å². The van der Waals surface area contributed by atoms with Gasteiger partial charge in [-0.05, 0) is 77.2 Å². The van der Waals surface area contributed by atoms with Crippen molar-refractivity contribution in [3.8, 4) is 11.4 Å². The van der Waals surface area contributed by atoms with Gasteiger partial charge in [-0.2, -0.15) is 0 Å². The number of halogens is 4. The minimum Gasteiger partial charge on any atom is -0.340 e. The van der Waals surface area contributed by atoms with Crippen LogP contribution in [-0.2, 0) is 0 Å². The fraction of sp³-hybridized carbons (Fsp3) is 0. The zero-order chi connectivity index (χ0) is 19.0. The molecular formula is C20H11BrClFIN3. The Balaban J connectivity index is 1.92. The molecule has 27 heavy (non-hydrogen) atoms. The van der Waals surface area contributed by atoms with E-state index >= 15 is 0 Å². The Morgan fingerprint density at radius 2 is 1.78 bits per heavy atom. The number of benzene rings is 3. The largest absolute Gasteiger partial charge is 0.340 e. The second-order valence-electron chi connectivity index (χ2n) is 5.82. The molecule has 3 nitrogen and oxygen atoms in total. The lowest BCUT2D eigenvalue weighted by atomic mass is 10.1. The van der Waals surface area contributed by atoms with E-state index in [4.69, 9.17) is 21.6 Å². The highest BCUT2D eigenvalue weighted by molar-refractivity contribution is 14.1. The molecule has 0 aliphatic rings. The molecule has 3 aromatic carbocycles. The van der Waals surface area contributed by atoms with Gasteiger partial charge in [0.25, 0.3) is 0 Å². The van der Waals surface area contributed by atoms with Crippen molar-refractivity contribution >= 4 is 72.5 Å². The van der Waals surface area contributed by atoms with Crippen molar-refractivity contribution in [1.82, 2.24) is 9.97 Å². The van der Waals surface area contributed by atoms with Gasteiger partial charge in [0.2, 0.25) is 0 Å². The summed E-state index contributed by atoms with van der Waals surface area (Å²) in [5, 5.41) is 4.71. The van der Waals surface area contributed by atoms with E-state index in [2.05, 4.69) is 43.8 Å². The van der Waals surface area contributed by atoms with Crippen LogP contribution in [0.4, 0.5) is 15.9 Å². The summed E-state index contributed by atoms with van der Waals surface area (Å²) in [6.45, 7) is 0. The summed E-state index contributed by atoms with van der Waals surface area (Å²) in [4.78, 5) is 9.44. The first-order valence-electron chi connectivity index (χ1n) is 7.95. The van der Waals surface area contributed by atoms with Crippen molar-refractivity contribution in [3.63, 3.8) is 0 Å². The van der Waals surface area contributed by atoms with Crippen molar-refractivity contribution in [1.29, 1.82) is 0 Å². The predicted molar refractivity (Wildman–Crippen MR) is 120 cm³/mol. The number of rotatable bonds is 3. The molecule has 0 bridgehead atoms. The van der Waals surface area contributed by atoms with Crippen molar-refractivity contribution in [2.45, 2.75) is 0 Å². The Hall–Kier alpha value is -1.77. The van der Waals surface area contributed by atoms with Crippen LogP contribution in [0.25, 0.3) is 22.3 Å². The lowest BCUT2D eigenvalue weighted by Crippen LogP contribution is -2.01. The van der Waals surface area contributed by atoms with E-state index in [9.17, 15) is 4.39 Å². The third-order valence-corrected chi connectivity index (χ3v) is 5.44. The second-order valence-corrected chi connectivity index (χ2v) is 8.34. The molecule has 7 heteroatoms. The van der Waals surface area contributed by atoms with Crippen molar-refractivity contribution in [3.05, 3.63) is 79.5 Å². The smallest absolute Gasteiger partial charge is 0.162 e. The van der Waals surface area contributed by atoms with Gasteiger partial charge in [-0.25, -0.2) is 14.4 Å². The molecule has 0 atom stereocenters. The highest BCUT2D eigenvalue weighted by Gasteiger charge is 2.13. The van der Waals surface area contributed by atoms with Gasteiger partial charge in [0.1, 0.15) is 11.6 Å². The first-order valence-corrected chi connectivity index (χ1v) is 10.2. The van der Waals surface area contributed by atoms with Crippen molar-refractivity contribution in [2.75, 3.05) is 5.32 Å². The van der Waals surface area contributed by atoms with Gasteiger partial charge >= 0.3 is 0 Å². The van der Waals surface area contributed by atoms with E-state index < -0.39 is 0 Å². The van der Waals surface area contributed by atoms with Gasteiger partial charge in [0, 0.05) is 29.7 Å². The molecular weight excluding hydrogens is 544 g/mol. The van der Waals surface area contributed by atoms with Crippen LogP contribution in [0.5, 0.6) is 0 Å². The molecule has 0 radical (unpaired) electrons. The third kappa shape index (κ3) is 4.07. The first kappa shape index (κ1) is 18.6. The topological polar surface area (TPSA) is 37.8 Å². The third-order valence-electron chi connectivity index (χ3n) is 3.91. The number of fused-ring (bicyclic) bond motifs is 1. The lowest BCUT2D eigenvalue weighted by molar-refractivity contribution is 0.628. The maximum atomic E-state index is 13.6. The van der Waals surface area contributed by atoms with E-state index in [1.807, 2.05) is 24.3 Å². The molecule has 0 fully saturated rings. The molecule has 0 aliphatic heterocycles. The van der Waals surface area contributed by atoms with Crippen LogP contribution in [0.2, 0.25) is 5.02 Å². The highest BCUT2D eigenvalue weighted by atomic mass is 127. The molecule has 0 amide bonds. The van der Waals surface area contributed by atoms with Crippen LogP contribution in [0.15, 0.2) is 65.1 Å². The van der Waals surface area contributed by atoms with Gasteiger partial charge < -0.3 is 5.32 Å². The predicted octanol–water partition coefficient (Wildman–Crippen LogP) is 7.20. The molecule has 0 aliphatic carbocycles. The van der Waals surface area contributed by atoms with E-state index in [-0.39, 0.29) is 5.82 Å². The average Bonchev–Trinajstić information content (AvgIpc) is 2.63. The fourth-order valence-electron chi connectivity index (χ4n) is 2.68. The quantitative estimate of drug-likeness (QED) is 0.272. The van der Waals surface area contributed by atoms with Gasteiger partial charge in [-0.3, -0.25) is 0 Å². The minimum atomic E-state index is -0.313. The Morgan fingerprint density at radius 1 is 1.00 bits per heavy atom. The summed E-state index contributed by atoms with van der Waals surface area (Å²) >= 11 is 11.8. The number of aromatic nitrogens is 2. The normalized spacial score (nSPS) is 11.0. The first-order chi connectivity index (χ1) is 13.0. The second kappa shape index (κ2) is 7.69. The van der Waals surface area contributed by atoms with Crippen LogP contribution in [-0.4, -0.2) is 9.97 Å². The van der Waals surface area contributed by atoms with E-state index in [0.29, 0.717) is 22.4 Å². The van der Waals surface area contributed by atoms with Crippen molar-refractivity contribution < 1.29 is 4.39 Å². The number of hydrogen-bond acceptors (Lipinski definition) is 3. The number of nitrogens with zero attached hydrogens (tertiary/aromatic N) is 2. The molecule has 0 spiro atoms. The summed E-state index contributed by atoms with van der Waals surface area (Å²) in [6.07, 6.45) is 0. The van der Waals surface area contributed by atoms with Gasteiger partial charge in [-0.1, -0.05) is 33.6 Å². The van der Waals surface area contributed by atoms with E-state index in [1.54, 1.807) is 24.3 Å². The van der Waals surface area contributed by atoms with Crippen LogP contribution in [0, 0.1) is 9.39 Å². The number of hydrogen-bond donors (Lipinski definition) is 1. The molecule has 4 rings (SSSR count). The standard InChI is InChI=1S/C20H11BrClFIN3/c21-12-8-16-18(17(24)9-12)26-19(11-4-6-13(22)7-5-11)27-20(16)25-15-3-1-2-14(23)10-15/h1-10H,(H,25,26,27). The number of nitrogens with one attached hydrogen (secondary N) is 1. The summed E-state index contributed by atoms with van der Waals surface area (Å²) in [5.41, 5.74) is 2.28. The molecule has 4 aromatic rings. The Labute approximate surface area is 182 Å². The summed E-state index contributed by atoms with van der Waals surface area (Å²) < 4.78 is 15.5. The zero-order valence-electron chi connectivity index (χ0n) is 13.7. The molecule has 0 saturated carbocycles. The van der Waals surface area contributed by atoms with Gasteiger partial charge in [0.05, 0.1) is 5.52 Å². The Morgan fingerprint density at radius 3 is 2.52 bits per heavy atom. The van der Waals surface area contributed by atoms with Crippen LogP contribution >= 0.6 is 50.1 Å². The van der Waals surface area contributed by atoms with E-state index in [1.165, 1.54) is 12.1 Å². The SMILES string of the molecule is Fc1cccc(Nc2nc(-c3ccc(Cl)cc3)nc3c(I)cc(Br)cc23)c1. The van der Waals surface area contributed by atoms with Crippen molar-refractivity contribution in [2.24, 2.45) is 0 Å². The Bertz CT molecular complexity index is 1150. The molecule has 1 heterocycles. The minimum absolute atomic E-state index is 0.313. The van der Waals surface area contributed by atoms with Crippen LogP contribution in [0.3, 0.4) is 0 Å². The summed E-state index contributed by atoms with van der Waals surface area (Å²) in [5.74, 6) is 0.861. The lowest BCUT2D eigenvalue weighted by Gasteiger charge is -2.13.